The molecule has 0 unspecified atom stereocenters. The number of hydrogen-bond acceptors (Lipinski definition) is 3. The standard InChI is InChI=1S/C10H13NO2S/c1-13-7-6-11-10(12)8-4-2-3-5-9(8)14/h2-5,14H,6-7H2,1H3,(H,11,12). The third-order valence-electron chi connectivity index (χ3n) is 1.74. The van der Waals surface area contributed by atoms with Crippen molar-refractivity contribution in [2.45, 2.75) is 4.90 Å². The predicted octanol–water partition coefficient (Wildman–Crippen LogP) is 1.35. The Morgan fingerprint density at radius 2 is 2.21 bits per heavy atom. The van der Waals surface area contributed by atoms with E-state index in [2.05, 4.69) is 17.9 Å². The van der Waals surface area contributed by atoms with Crippen molar-refractivity contribution in [1.82, 2.24) is 5.32 Å². The van der Waals surface area contributed by atoms with Gasteiger partial charge in [0.1, 0.15) is 0 Å². The topological polar surface area (TPSA) is 38.3 Å². The summed E-state index contributed by atoms with van der Waals surface area (Å²) < 4.78 is 4.82. The lowest BCUT2D eigenvalue weighted by Crippen LogP contribution is -2.27. The summed E-state index contributed by atoms with van der Waals surface area (Å²) in [5.41, 5.74) is 0.590. The molecule has 1 aromatic rings. The van der Waals surface area contributed by atoms with E-state index in [0.29, 0.717) is 23.6 Å². The molecular weight excluding hydrogens is 198 g/mol. The molecule has 0 saturated heterocycles. The number of hydrogen-bond donors (Lipinski definition) is 2. The van der Waals surface area contributed by atoms with Crippen molar-refractivity contribution in [3.63, 3.8) is 0 Å². The summed E-state index contributed by atoms with van der Waals surface area (Å²) in [6, 6.07) is 7.18. The molecule has 0 radical (unpaired) electrons. The molecule has 1 N–H and O–H groups in total. The largest absolute Gasteiger partial charge is 0.383 e. The Bertz CT molecular complexity index is 315. The molecule has 0 aliphatic heterocycles. The van der Waals surface area contributed by atoms with Crippen molar-refractivity contribution in [3.8, 4) is 0 Å². The third-order valence-corrected chi connectivity index (χ3v) is 2.13. The summed E-state index contributed by atoms with van der Waals surface area (Å²) >= 11 is 4.19. The van der Waals surface area contributed by atoms with Gasteiger partial charge >= 0.3 is 0 Å². The van der Waals surface area contributed by atoms with Gasteiger partial charge in [-0.1, -0.05) is 12.1 Å². The van der Waals surface area contributed by atoms with Crippen molar-refractivity contribution in [2.75, 3.05) is 20.3 Å². The lowest BCUT2D eigenvalue weighted by molar-refractivity contribution is 0.0934. The van der Waals surface area contributed by atoms with Crippen LogP contribution < -0.4 is 5.32 Å². The zero-order chi connectivity index (χ0) is 10.4. The van der Waals surface area contributed by atoms with Gasteiger partial charge in [-0.25, -0.2) is 0 Å². The highest BCUT2D eigenvalue weighted by Gasteiger charge is 2.06. The molecule has 1 rings (SSSR count). The molecule has 14 heavy (non-hydrogen) atoms. The summed E-state index contributed by atoms with van der Waals surface area (Å²) in [5, 5.41) is 2.73. The van der Waals surface area contributed by atoms with Crippen molar-refractivity contribution >= 4 is 18.5 Å². The van der Waals surface area contributed by atoms with Gasteiger partial charge in [-0.3, -0.25) is 4.79 Å². The van der Waals surface area contributed by atoms with Crippen LogP contribution in [0.4, 0.5) is 0 Å². The normalized spacial score (nSPS) is 9.86. The number of amides is 1. The van der Waals surface area contributed by atoms with E-state index in [1.165, 1.54) is 0 Å². The van der Waals surface area contributed by atoms with E-state index >= 15 is 0 Å². The Hall–Kier alpha value is -1.00. The van der Waals surface area contributed by atoms with Crippen LogP contribution in [0.3, 0.4) is 0 Å². The molecule has 0 aliphatic carbocycles. The molecule has 1 amide bonds. The number of thiol groups is 1. The summed E-state index contributed by atoms with van der Waals surface area (Å²) in [6.45, 7) is 1.03. The lowest BCUT2D eigenvalue weighted by Gasteiger charge is -2.05. The van der Waals surface area contributed by atoms with Crippen molar-refractivity contribution in [2.24, 2.45) is 0 Å². The van der Waals surface area contributed by atoms with Crippen LogP contribution in [0.1, 0.15) is 10.4 Å². The number of benzene rings is 1. The Morgan fingerprint density at radius 3 is 2.86 bits per heavy atom. The van der Waals surface area contributed by atoms with E-state index in [1.807, 2.05) is 12.1 Å². The van der Waals surface area contributed by atoms with E-state index in [9.17, 15) is 4.79 Å². The summed E-state index contributed by atoms with van der Waals surface area (Å²) in [7, 11) is 1.60. The van der Waals surface area contributed by atoms with Crippen LogP contribution in [-0.4, -0.2) is 26.2 Å². The number of nitrogens with one attached hydrogen (secondary N) is 1. The van der Waals surface area contributed by atoms with Crippen LogP contribution in [0, 0.1) is 0 Å². The van der Waals surface area contributed by atoms with Gasteiger partial charge in [0, 0.05) is 18.6 Å². The molecule has 0 aromatic heterocycles. The zero-order valence-electron chi connectivity index (χ0n) is 7.99. The number of carbonyl (C=O) groups excluding carboxylic acids is 1. The first-order valence-electron chi connectivity index (χ1n) is 4.31. The van der Waals surface area contributed by atoms with Gasteiger partial charge in [0.05, 0.1) is 12.2 Å². The maximum Gasteiger partial charge on any atom is 0.252 e. The molecule has 0 saturated carbocycles. The molecule has 0 atom stereocenters. The van der Waals surface area contributed by atoms with E-state index in [1.54, 1.807) is 19.2 Å². The smallest absolute Gasteiger partial charge is 0.252 e. The van der Waals surface area contributed by atoms with Gasteiger partial charge in [0.2, 0.25) is 0 Å². The summed E-state index contributed by atoms with van der Waals surface area (Å²) in [5.74, 6) is -0.118. The molecule has 0 spiro atoms. The Balaban J connectivity index is 2.56. The number of ether oxygens (including phenoxy) is 1. The maximum atomic E-state index is 11.5. The quantitative estimate of drug-likeness (QED) is 0.583. The highest BCUT2D eigenvalue weighted by molar-refractivity contribution is 7.80. The third kappa shape index (κ3) is 3.05. The minimum absolute atomic E-state index is 0.118. The molecule has 3 nitrogen and oxygen atoms in total. The Morgan fingerprint density at radius 1 is 1.50 bits per heavy atom. The van der Waals surface area contributed by atoms with Crippen molar-refractivity contribution in [3.05, 3.63) is 29.8 Å². The fourth-order valence-corrected chi connectivity index (χ4v) is 1.29. The number of methoxy groups -OCH3 is 1. The minimum atomic E-state index is -0.118. The van der Waals surface area contributed by atoms with Crippen LogP contribution in [0.15, 0.2) is 29.2 Å². The predicted molar refractivity (Wildman–Crippen MR) is 57.9 cm³/mol. The average molecular weight is 211 g/mol. The van der Waals surface area contributed by atoms with Crippen LogP contribution in [-0.2, 0) is 4.74 Å². The van der Waals surface area contributed by atoms with E-state index < -0.39 is 0 Å². The van der Waals surface area contributed by atoms with Gasteiger partial charge in [-0.2, -0.15) is 0 Å². The molecule has 4 heteroatoms. The van der Waals surface area contributed by atoms with E-state index in [4.69, 9.17) is 4.74 Å². The van der Waals surface area contributed by atoms with Crippen LogP contribution in [0.2, 0.25) is 0 Å². The highest BCUT2D eigenvalue weighted by atomic mass is 32.1. The van der Waals surface area contributed by atoms with Gasteiger partial charge in [-0.05, 0) is 12.1 Å². The van der Waals surface area contributed by atoms with Gasteiger partial charge in [0.15, 0.2) is 0 Å². The zero-order valence-corrected chi connectivity index (χ0v) is 8.88. The minimum Gasteiger partial charge on any atom is -0.383 e. The highest BCUT2D eigenvalue weighted by Crippen LogP contribution is 2.12. The second-order valence-electron chi connectivity index (χ2n) is 2.77. The number of rotatable bonds is 4. The molecule has 0 aliphatic rings. The van der Waals surface area contributed by atoms with Crippen LogP contribution >= 0.6 is 12.6 Å². The first-order valence-corrected chi connectivity index (χ1v) is 4.75. The van der Waals surface area contributed by atoms with Crippen LogP contribution in [0.25, 0.3) is 0 Å². The van der Waals surface area contributed by atoms with E-state index in [0.717, 1.165) is 0 Å². The van der Waals surface area contributed by atoms with E-state index in [-0.39, 0.29) is 5.91 Å². The monoisotopic (exact) mass is 211 g/mol. The molecule has 1 aromatic carbocycles. The second-order valence-corrected chi connectivity index (χ2v) is 3.25. The van der Waals surface area contributed by atoms with Crippen molar-refractivity contribution < 1.29 is 9.53 Å². The van der Waals surface area contributed by atoms with Crippen molar-refractivity contribution in [1.29, 1.82) is 0 Å². The SMILES string of the molecule is COCCNC(=O)c1ccccc1S. The summed E-state index contributed by atoms with van der Waals surface area (Å²) in [6.07, 6.45) is 0. The molecule has 76 valence electrons. The average Bonchev–Trinajstić information content (AvgIpc) is 2.18. The Kier molecular flexibility index (Phi) is 4.49. The molecule has 0 bridgehead atoms. The first-order chi connectivity index (χ1) is 6.75. The lowest BCUT2D eigenvalue weighted by atomic mass is 10.2. The fraction of sp³-hybridized carbons (Fsp3) is 0.300. The molecule has 0 heterocycles. The molecular formula is C10H13NO2S. The fourth-order valence-electron chi connectivity index (χ4n) is 1.03. The van der Waals surface area contributed by atoms with Gasteiger partial charge in [-0.15, -0.1) is 12.6 Å². The van der Waals surface area contributed by atoms with Crippen LogP contribution in [0.5, 0.6) is 0 Å². The van der Waals surface area contributed by atoms with Gasteiger partial charge in [0.25, 0.3) is 5.91 Å². The second kappa shape index (κ2) is 5.67. The Labute approximate surface area is 88.9 Å². The van der Waals surface area contributed by atoms with Gasteiger partial charge < -0.3 is 10.1 Å². The summed E-state index contributed by atoms with van der Waals surface area (Å²) in [4.78, 5) is 12.2. The molecule has 0 fully saturated rings. The first kappa shape index (κ1) is 11.1. The number of carbonyl (C=O) groups is 1. The maximum absolute atomic E-state index is 11.5.